The lowest BCUT2D eigenvalue weighted by Gasteiger charge is -2.18. The van der Waals surface area contributed by atoms with Crippen LogP contribution >= 0.6 is 12.2 Å². The first kappa shape index (κ1) is 16.3. The normalized spacial score (nSPS) is 11.6. The van der Waals surface area contributed by atoms with Crippen molar-refractivity contribution in [3.63, 3.8) is 0 Å². The summed E-state index contributed by atoms with van der Waals surface area (Å²) in [6, 6.07) is 14.3. The zero-order valence-corrected chi connectivity index (χ0v) is 14.3. The lowest BCUT2D eigenvalue weighted by Crippen LogP contribution is -2.30. The molecule has 2 aromatic rings. The highest BCUT2D eigenvalue weighted by Gasteiger charge is 2.08. The van der Waals surface area contributed by atoms with Crippen LogP contribution in [0.4, 0.5) is 5.69 Å². The van der Waals surface area contributed by atoms with E-state index in [1.54, 1.807) is 7.11 Å². The molecule has 3 nitrogen and oxygen atoms in total. The predicted molar refractivity (Wildman–Crippen MR) is 96.7 cm³/mol. The lowest BCUT2D eigenvalue weighted by molar-refractivity contribution is 0.415. The third-order valence-corrected chi connectivity index (χ3v) is 3.95. The van der Waals surface area contributed by atoms with Gasteiger partial charge in [-0.25, -0.2) is 0 Å². The zero-order valence-electron chi connectivity index (χ0n) is 13.4. The Hall–Kier alpha value is -2.07. The summed E-state index contributed by atoms with van der Waals surface area (Å²) in [7, 11) is 1.65. The number of ether oxygens (including phenoxy) is 1. The summed E-state index contributed by atoms with van der Waals surface area (Å²) in [6.45, 7) is 6.35. The minimum absolute atomic E-state index is 0.151. The van der Waals surface area contributed by atoms with E-state index < -0.39 is 0 Å². The molecule has 0 amide bonds. The van der Waals surface area contributed by atoms with Crippen LogP contribution in [0.2, 0.25) is 0 Å². The van der Waals surface area contributed by atoms with E-state index in [2.05, 4.69) is 49.6 Å². The molecule has 2 N–H and O–H groups in total. The monoisotopic (exact) mass is 314 g/mol. The predicted octanol–water partition coefficient (Wildman–Crippen LogP) is 4.36. The molecule has 0 saturated carbocycles. The number of nitrogens with one attached hydrogen (secondary N) is 2. The van der Waals surface area contributed by atoms with Crippen LogP contribution in [0.25, 0.3) is 0 Å². The van der Waals surface area contributed by atoms with Crippen molar-refractivity contribution < 1.29 is 4.74 Å². The van der Waals surface area contributed by atoms with E-state index >= 15 is 0 Å². The average Bonchev–Trinajstić information content (AvgIpc) is 2.50. The average molecular weight is 314 g/mol. The third-order valence-electron chi connectivity index (χ3n) is 3.73. The van der Waals surface area contributed by atoms with E-state index in [-0.39, 0.29) is 6.04 Å². The van der Waals surface area contributed by atoms with E-state index in [0.717, 1.165) is 11.4 Å². The number of rotatable bonds is 4. The minimum Gasteiger partial charge on any atom is -0.497 e. The molecule has 0 aliphatic carbocycles. The Labute approximate surface area is 137 Å². The summed E-state index contributed by atoms with van der Waals surface area (Å²) >= 11 is 5.38. The Morgan fingerprint density at radius 3 is 2.32 bits per heavy atom. The van der Waals surface area contributed by atoms with Crippen LogP contribution in [0.1, 0.15) is 29.7 Å². The van der Waals surface area contributed by atoms with Gasteiger partial charge in [0.05, 0.1) is 13.2 Å². The number of hydrogen-bond donors (Lipinski definition) is 2. The van der Waals surface area contributed by atoms with Gasteiger partial charge in [0.15, 0.2) is 5.11 Å². The van der Waals surface area contributed by atoms with Crippen molar-refractivity contribution in [1.29, 1.82) is 0 Å². The number of thiocarbonyl (C=S) groups is 1. The van der Waals surface area contributed by atoms with Gasteiger partial charge in [-0.3, -0.25) is 0 Å². The fourth-order valence-corrected chi connectivity index (χ4v) is 2.45. The van der Waals surface area contributed by atoms with E-state index in [1.165, 1.54) is 16.7 Å². The molecule has 4 heteroatoms. The summed E-state index contributed by atoms with van der Waals surface area (Å²) in [5.74, 6) is 0.827. The van der Waals surface area contributed by atoms with Gasteiger partial charge in [0.25, 0.3) is 0 Å². The number of anilines is 1. The second-order valence-corrected chi connectivity index (χ2v) is 5.80. The van der Waals surface area contributed by atoms with E-state index in [0.29, 0.717) is 5.11 Å². The molecule has 0 saturated heterocycles. The van der Waals surface area contributed by atoms with Crippen molar-refractivity contribution in [2.24, 2.45) is 0 Å². The molecule has 0 aromatic heterocycles. The summed E-state index contributed by atoms with van der Waals surface area (Å²) < 4.78 is 5.14. The molecule has 2 rings (SSSR count). The highest BCUT2D eigenvalue weighted by molar-refractivity contribution is 7.80. The van der Waals surface area contributed by atoms with E-state index in [4.69, 9.17) is 17.0 Å². The van der Waals surface area contributed by atoms with Crippen LogP contribution in [0.3, 0.4) is 0 Å². The summed E-state index contributed by atoms with van der Waals surface area (Å²) in [5, 5.41) is 7.10. The molecule has 0 radical (unpaired) electrons. The van der Waals surface area contributed by atoms with Crippen LogP contribution in [-0.2, 0) is 0 Å². The Balaban J connectivity index is 1.96. The second kappa shape index (κ2) is 7.27. The third kappa shape index (κ3) is 4.21. The number of hydrogen-bond acceptors (Lipinski definition) is 2. The van der Waals surface area contributed by atoms with Crippen LogP contribution in [-0.4, -0.2) is 12.2 Å². The van der Waals surface area contributed by atoms with Crippen molar-refractivity contribution in [2.75, 3.05) is 12.4 Å². The lowest BCUT2D eigenvalue weighted by atomic mass is 10.0. The first-order chi connectivity index (χ1) is 10.5. The fraction of sp³-hybridized carbons (Fsp3) is 0.278. The van der Waals surface area contributed by atoms with Gasteiger partial charge in [-0.1, -0.05) is 18.2 Å². The van der Waals surface area contributed by atoms with Gasteiger partial charge >= 0.3 is 0 Å². The maximum atomic E-state index is 5.38. The Morgan fingerprint density at radius 1 is 1.05 bits per heavy atom. The molecule has 0 fully saturated rings. The van der Waals surface area contributed by atoms with Crippen molar-refractivity contribution in [3.8, 4) is 5.75 Å². The molecule has 2 aromatic carbocycles. The highest BCUT2D eigenvalue weighted by atomic mass is 32.1. The number of benzene rings is 2. The second-order valence-electron chi connectivity index (χ2n) is 5.39. The number of methoxy groups -OCH3 is 1. The quantitative estimate of drug-likeness (QED) is 0.822. The first-order valence-corrected chi connectivity index (χ1v) is 7.69. The summed E-state index contributed by atoms with van der Waals surface area (Å²) in [4.78, 5) is 0. The molecule has 0 heterocycles. The smallest absolute Gasteiger partial charge is 0.171 e. The topological polar surface area (TPSA) is 33.3 Å². The van der Waals surface area contributed by atoms with Crippen molar-refractivity contribution in [1.82, 2.24) is 5.32 Å². The van der Waals surface area contributed by atoms with Gasteiger partial charge in [0.1, 0.15) is 5.75 Å². The van der Waals surface area contributed by atoms with Crippen LogP contribution in [0.15, 0.2) is 42.5 Å². The molecule has 0 aliphatic heterocycles. The molecule has 0 aliphatic rings. The van der Waals surface area contributed by atoms with Crippen LogP contribution in [0, 0.1) is 13.8 Å². The maximum Gasteiger partial charge on any atom is 0.171 e. The molecular formula is C18H22N2OS. The Bertz CT molecular complexity index is 653. The van der Waals surface area contributed by atoms with Gasteiger partial charge in [0, 0.05) is 5.69 Å². The van der Waals surface area contributed by atoms with Gasteiger partial charge in [-0.15, -0.1) is 0 Å². The molecule has 0 spiro atoms. The van der Waals surface area contributed by atoms with Gasteiger partial charge in [-0.05, 0) is 73.9 Å². The SMILES string of the molecule is COc1ccc(NC(=S)N[C@H](C)c2ccc(C)c(C)c2)cc1. The molecule has 1 atom stereocenters. The molecule has 0 bridgehead atoms. The molecule has 22 heavy (non-hydrogen) atoms. The van der Waals surface area contributed by atoms with Gasteiger partial charge in [0.2, 0.25) is 0 Å². The molecule has 116 valence electrons. The molecule has 0 unspecified atom stereocenters. The summed E-state index contributed by atoms with van der Waals surface area (Å²) in [6.07, 6.45) is 0. The fourth-order valence-electron chi connectivity index (χ4n) is 2.16. The van der Waals surface area contributed by atoms with Gasteiger partial charge < -0.3 is 15.4 Å². The highest BCUT2D eigenvalue weighted by Crippen LogP contribution is 2.18. The van der Waals surface area contributed by atoms with Gasteiger partial charge in [-0.2, -0.15) is 0 Å². The van der Waals surface area contributed by atoms with Crippen molar-refractivity contribution in [3.05, 3.63) is 59.2 Å². The van der Waals surface area contributed by atoms with Crippen LogP contribution in [0.5, 0.6) is 5.75 Å². The number of aryl methyl sites for hydroxylation is 2. The standard InChI is InChI=1S/C18H22N2OS/c1-12-5-6-15(11-13(12)2)14(3)19-18(22)20-16-7-9-17(21-4)10-8-16/h5-11,14H,1-4H3,(H2,19,20,22)/t14-/m1/s1. The minimum atomic E-state index is 0.151. The molecular weight excluding hydrogens is 292 g/mol. The maximum absolute atomic E-state index is 5.38. The van der Waals surface area contributed by atoms with Crippen molar-refractivity contribution in [2.45, 2.75) is 26.8 Å². The first-order valence-electron chi connectivity index (χ1n) is 7.28. The van der Waals surface area contributed by atoms with E-state index in [1.807, 2.05) is 24.3 Å². The van der Waals surface area contributed by atoms with Crippen molar-refractivity contribution >= 4 is 23.0 Å². The summed E-state index contributed by atoms with van der Waals surface area (Å²) in [5.41, 5.74) is 4.75. The Morgan fingerprint density at radius 2 is 1.73 bits per heavy atom. The largest absolute Gasteiger partial charge is 0.497 e. The zero-order chi connectivity index (χ0) is 16.1. The van der Waals surface area contributed by atoms with E-state index in [9.17, 15) is 0 Å². The van der Waals surface area contributed by atoms with Crippen LogP contribution < -0.4 is 15.4 Å². The Kier molecular flexibility index (Phi) is 5.39.